The molecule has 0 unspecified atom stereocenters. The van der Waals surface area contributed by atoms with Gasteiger partial charge >= 0.3 is 6.09 Å². The van der Waals surface area contributed by atoms with Gasteiger partial charge in [-0.05, 0) is 38.0 Å². The molecule has 2 aromatic rings. The topological polar surface area (TPSA) is 71.8 Å². The monoisotopic (exact) mass is 376 g/mol. The van der Waals surface area contributed by atoms with Gasteiger partial charge in [0, 0.05) is 31.9 Å². The lowest BCUT2D eigenvalue weighted by Crippen LogP contribution is -2.35. The first-order valence-corrected chi connectivity index (χ1v) is 8.97. The average Bonchev–Trinajstić information content (AvgIpc) is 2.67. The van der Waals surface area contributed by atoms with Crippen molar-refractivity contribution in [2.75, 3.05) is 13.1 Å². The van der Waals surface area contributed by atoms with Crippen LogP contribution in [0.3, 0.4) is 0 Å². The molecule has 0 saturated heterocycles. The third-order valence-corrected chi connectivity index (χ3v) is 4.52. The molecule has 146 valence electrons. The first-order valence-electron chi connectivity index (χ1n) is 8.97. The van der Waals surface area contributed by atoms with Crippen LogP contribution in [0.1, 0.15) is 37.6 Å². The fourth-order valence-corrected chi connectivity index (χ4v) is 2.77. The maximum Gasteiger partial charge on any atom is 0.410 e. The molecule has 0 aliphatic carbocycles. The van der Waals surface area contributed by atoms with Crippen molar-refractivity contribution >= 4 is 6.09 Å². The molecular weight excluding hydrogens is 351 g/mol. The molecule has 0 saturated carbocycles. The Bertz CT molecular complexity index is 833. The van der Waals surface area contributed by atoms with Crippen LogP contribution in [-0.2, 0) is 11.3 Å². The van der Waals surface area contributed by atoms with Crippen LogP contribution in [0.25, 0.3) is 0 Å². The van der Waals surface area contributed by atoms with Gasteiger partial charge in [0.1, 0.15) is 11.9 Å². The van der Waals surface area contributed by atoms with Gasteiger partial charge in [0.2, 0.25) is 5.43 Å². The van der Waals surface area contributed by atoms with Gasteiger partial charge in [-0.25, -0.2) is 9.18 Å². The lowest BCUT2D eigenvalue weighted by molar-refractivity contribution is 0.0607. The summed E-state index contributed by atoms with van der Waals surface area (Å²) in [6.45, 7) is 6.60. The van der Waals surface area contributed by atoms with Crippen LogP contribution >= 0.6 is 0 Å². The smallest absolute Gasteiger partial charge is 0.410 e. The summed E-state index contributed by atoms with van der Waals surface area (Å²) < 4.78 is 20.4. The zero-order valence-electron chi connectivity index (χ0n) is 15.8. The Balaban J connectivity index is 2.03. The van der Waals surface area contributed by atoms with E-state index in [1.165, 1.54) is 18.2 Å². The van der Waals surface area contributed by atoms with Crippen molar-refractivity contribution in [2.45, 2.75) is 39.8 Å². The maximum atomic E-state index is 13.1. The van der Waals surface area contributed by atoms with Gasteiger partial charge in [-0.15, -0.1) is 0 Å². The minimum atomic E-state index is -0.461. The van der Waals surface area contributed by atoms with E-state index >= 15 is 0 Å². The van der Waals surface area contributed by atoms with E-state index < -0.39 is 17.6 Å². The number of amides is 1. The van der Waals surface area contributed by atoms with Crippen molar-refractivity contribution < 1.29 is 19.0 Å². The number of rotatable bonds is 7. The Hall–Kier alpha value is -2.83. The average molecular weight is 376 g/mol. The van der Waals surface area contributed by atoms with Crippen molar-refractivity contribution in [2.24, 2.45) is 0 Å². The summed E-state index contributed by atoms with van der Waals surface area (Å²) in [6, 6.07) is 7.20. The highest BCUT2D eigenvalue weighted by atomic mass is 19.1. The molecule has 1 atom stereocenters. The van der Waals surface area contributed by atoms with Gasteiger partial charge in [0.05, 0.1) is 5.69 Å². The quantitative estimate of drug-likeness (QED) is 0.801. The highest BCUT2D eigenvalue weighted by Crippen LogP contribution is 2.22. The lowest BCUT2D eigenvalue weighted by Gasteiger charge is -2.25. The zero-order valence-corrected chi connectivity index (χ0v) is 15.8. The number of hydrogen-bond acceptors (Lipinski definition) is 4. The third-order valence-electron chi connectivity index (χ3n) is 4.52. The fourth-order valence-electron chi connectivity index (χ4n) is 2.77. The second kappa shape index (κ2) is 9.21. The molecule has 0 fully saturated rings. The summed E-state index contributed by atoms with van der Waals surface area (Å²) in [7, 11) is 0. The second-order valence-corrected chi connectivity index (χ2v) is 6.22. The Morgan fingerprint density at radius 3 is 2.52 bits per heavy atom. The third kappa shape index (κ3) is 5.09. The lowest BCUT2D eigenvalue weighted by atomic mass is 10.1. The number of halogens is 1. The number of ether oxygens (including phenoxy) is 1. The number of aromatic hydroxyl groups is 1. The number of hydrogen-bond donors (Lipinski definition) is 1. The highest BCUT2D eigenvalue weighted by molar-refractivity contribution is 5.68. The molecule has 1 amide bonds. The van der Waals surface area contributed by atoms with Gasteiger partial charge in [-0.1, -0.05) is 19.1 Å². The van der Waals surface area contributed by atoms with Gasteiger partial charge in [-0.3, -0.25) is 4.79 Å². The van der Waals surface area contributed by atoms with Crippen molar-refractivity contribution in [3.63, 3.8) is 0 Å². The molecule has 27 heavy (non-hydrogen) atoms. The fraction of sp³-hybridized carbons (Fsp3) is 0.400. The van der Waals surface area contributed by atoms with Gasteiger partial charge in [0.25, 0.3) is 0 Å². The maximum absolute atomic E-state index is 13.1. The van der Waals surface area contributed by atoms with E-state index in [4.69, 9.17) is 4.74 Å². The molecule has 0 spiro atoms. The van der Waals surface area contributed by atoms with Crippen molar-refractivity contribution in [3.8, 4) is 5.75 Å². The normalized spacial score (nSPS) is 11.9. The van der Waals surface area contributed by atoms with Crippen LogP contribution in [0.15, 0.2) is 41.3 Å². The largest absolute Gasteiger partial charge is 0.503 e. The predicted octanol–water partition coefficient (Wildman–Crippen LogP) is 3.61. The number of likely N-dealkylation sites (N-methyl/N-ethyl adjacent to an activating group) is 1. The minimum Gasteiger partial charge on any atom is -0.503 e. The van der Waals surface area contributed by atoms with E-state index in [2.05, 4.69) is 0 Å². The molecule has 0 aliphatic heterocycles. The van der Waals surface area contributed by atoms with Crippen molar-refractivity contribution in [1.29, 1.82) is 0 Å². The Morgan fingerprint density at radius 1 is 1.26 bits per heavy atom. The predicted molar refractivity (Wildman–Crippen MR) is 100 cm³/mol. The molecule has 0 radical (unpaired) electrons. The summed E-state index contributed by atoms with van der Waals surface area (Å²) in [5, 5.41) is 9.75. The van der Waals surface area contributed by atoms with Gasteiger partial charge in [-0.2, -0.15) is 0 Å². The SMILES string of the molecule is CC[C@H](OC(=O)N(CC)CCn1ccc(=O)c(O)c1C)c1ccc(F)cc1. The summed E-state index contributed by atoms with van der Waals surface area (Å²) in [4.78, 5) is 25.5. The van der Waals surface area contributed by atoms with Crippen molar-refractivity contribution in [1.82, 2.24) is 9.47 Å². The molecule has 1 aromatic carbocycles. The number of benzene rings is 1. The van der Waals surface area contributed by atoms with E-state index in [1.807, 2.05) is 13.8 Å². The summed E-state index contributed by atoms with van der Waals surface area (Å²) in [6.07, 6.45) is 1.24. The molecule has 2 rings (SSSR count). The van der Waals surface area contributed by atoms with Crippen LogP contribution in [-0.4, -0.2) is 33.8 Å². The second-order valence-electron chi connectivity index (χ2n) is 6.22. The van der Waals surface area contributed by atoms with Crippen LogP contribution in [0.2, 0.25) is 0 Å². The molecular formula is C20H25FN2O4. The van der Waals surface area contributed by atoms with E-state index in [0.717, 1.165) is 5.56 Å². The number of carbonyl (C=O) groups is 1. The summed E-state index contributed by atoms with van der Waals surface area (Å²) in [5.74, 6) is -0.625. The summed E-state index contributed by atoms with van der Waals surface area (Å²) >= 11 is 0. The number of carbonyl (C=O) groups excluding carboxylic acids is 1. The van der Waals surface area contributed by atoms with E-state index in [0.29, 0.717) is 31.7 Å². The van der Waals surface area contributed by atoms with Gasteiger partial charge < -0.3 is 19.3 Å². The molecule has 7 heteroatoms. The van der Waals surface area contributed by atoms with E-state index in [9.17, 15) is 19.1 Å². The molecule has 1 N–H and O–H groups in total. The molecule has 0 aliphatic rings. The van der Waals surface area contributed by atoms with Crippen LogP contribution in [0.5, 0.6) is 5.75 Å². The Labute approximate surface area is 157 Å². The first kappa shape index (κ1) is 20.5. The molecule has 1 aromatic heterocycles. The Kier molecular flexibility index (Phi) is 6.98. The minimum absolute atomic E-state index is 0.287. The van der Waals surface area contributed by atoms with Gasteiger partial charge in [0.15, 0.2) is 5.75 Å². The number of aromatic nitrogens is 1. The van der Waals surface area contributed by atoms with E-state index in [-0.39, 0.29) is 11.6 Å². The molecule has 1 heterocycles. The number of nitrogens with zero attached hydrogens (tertiary/aromatic N) is 2. The molecule has 6 nitrogen and oxygen atoms in total. The van der Waals surface area contributed by atoms with Crippen LogP contribution < -0.4 is 5.43 Å². The standard InChI is InChI=1S/C20H25FN2O4/c1-4-18(15-6-8-16(21)9-7-15)27-20(26)22(5-2)12-13-23-11-10-17(24)19(25)14(23)3/h6-11,18,25H,4-5,12-13H2,1-3H3/t18-/m0/s1. The zero-order chi connectivity index (χ0) is 20.0. The Morgan fingerprint density at radius 2 is 1.93 bits per heavy atom. The van der Waals surface area contributed by atoms with Crippen LogP contribution in [0, 0.1) is 12.7 Å². The number of pyridine rings is 1. The summed E-state index contributed by atoms with van der Waals surface area (Å²) in [5.41, 5.74) is 0.759. The van der Waals surface area contributed by atoms with Crippen molar-refractivity contribution in [3.05, 3.63) is 63.8 Å². The molecule has 0 bridgehead atoms. The van der Waals surface area contributed by atoms with E-state index in [1.54, 1.807) is 34.7 Å². The highest BCUT2D eigenvalue weighted by Gasteiger charge is 2.20. The first-order chi connectivity index (χ1) is 12.9. The van der Waals surface area contributed by atoms with Crippen LogP contribution in [0.4, 0.5) is 9.18 Å².